The number of Topliss-reactive ketones (excluding diaryl/α,β-unsaturated/α-hetero) is 1. The van der Waals surface area contributed by atoms with Crippen molar-refractivity contribution in [2.24, 2.45) is 5.92 Å². The summed E-state index contributed by atoms with van der Waals surface area (Å²) in [5, 5.41) is 3.11. The molecule has 2 fully saturated rings. The maximum Gasteiger partial charge on any atom is 0.234 e. The van der Waals surface area contributed by atoms with Crippen LogP contribution in [0.2, 0.25) is 0 Å². The highest BCUT2D eigenvalue weighted by molar-refractivity contribution is 5.84. The summed E-state index contributed by atoms with van der Waals surface area (Å²) in [6.45, 7) is 7.59. The van der Waals surface area contributed by atoms with E-state index in [0.717, 1.165) is 45.1 Å². The summed E-state index contributed by atoms with van der Waals surface area (Å²) in [4.78, 5) is 26.6. The number of rotatable bonds is 5. The lowest BCUT2D eigenvalue weighted by Gasteiger charge is -2.39. The first-order chi connectivity index (χ1) is 9.93. The molecule has 0 bridgehead atoms. The number of carbonyl (C=O) groups excluding carboxylic acids is 2. The Balaban J connectivity index is 1.96. The van der Waals surface area contributed by atoms with Gasteiger partial charge in [-0.3, -0.25) is 14.5 Å². The number of hydrogen-bond acceptors (Lipinski definition) is 3. The highest BCUT2D eigenvalue weighted by atomic mass is 16.2. The van der Waals surface area contributed by atoms with Crippen LogP contribution >= 0.6 is 0 Å². The number of hydrogen-bond donors (Lipinski definition) is 1. The zero-order valence-corrected chi connectivity index (χ0v) is 13.8. The SMILES string of the molecule is CCC(C)(C)NC(=O)CN1CCCCC1C1CCCC1=O. The van der Waals surface area contributed by atoms with Crippen molar-refractivity contribution in [3.8, 4) is 0 Å². The molecule has 2 atom stereocenters. The van der Waals surface area contributed by atoms with E-state index >= 15 is 0 Å². The number of ketones is 1. The highest BCUT2D eigenvalue weighted by Crippen LogP contribution is 2.32. The van der Waals surface area contributed by atoms with Crippen LogP contribution in [-0.4, -0.2) is 41.3 Å². The third-order valence-electron chi connectivity index (χ3n) is 5.19. The second-order valence-corrected chi connectivity index (χ2v) is 7.28. The van der Waals surface area contributed by atoms with E-state index in [1.165, 1.54) is 6.42 Å². The van der Waals surface area contributed by atoms with E-state index in [0.29, 0.717) is 18.4 Å². The van der Waals surface area contributed by atoms with Gasteiger partial charge in [-0.2, -0.15) is 0 Å². The summed E-state index contributed by atoms with van der Waals surface area (Å²) in [6.07, 6.45) is 7.11. The van der Waals surface area contributed by atoms with E-state index in [4.69, 9.17) is 0 Å². The standard InChI is InChI=1S/C17H30N2O2/c1-4-17(2,3)18-16(21)12-19-11-6-5-9-14(19)13-8-7-10-15(13)20/h13-14H,4-12H2,1-3H3,(H,18,21). The smallest absolute Gasteiger partial charge is 0.234 e. The van der Waals surface area contributed by atoms with Gasteiger partial charge in [-0.25, -0.2) is 0 Å². The van der Waals surface area contributed by atoms with Crippen LogP contribution in [0.3, 0.4) is 0 Å². The number of piperidine rings is 1. The van der Waals surface area contributed by atoms with Gasteiger partial charge in [0.25, 0.3) is 0 Å². The lowest BCUT2D eigenvalue weighted by Crippen LogP contribution is -2.52. The van der Waals surface area contributed by atoms with E-state index in [9.17, 15) is 9.59 Å². The molecule has 0 aromatic carbocycles. The number of amides is 1. The third kappa shape index (κ3) is 4.29. The average molecular weight is 294 g/mol. The van der Waals surface area contributed by atoms with E-state index in [-0.39, 0.29) is 17.4 Å². The molecule has 0 aromatic rings. The minimum atomic E-state index is -0.147. The van der Waals surface area contributed by atoms with Crippen LogP contribution in [0.1, 0.15) is 65.7 Å². The van der Waals surface area contributed by atoms with E-state index in [1.54, 1.807) is 0 Å². The van der Waals surface area contributed by atoms with Gasteiger partial charge in [-0.15, -0.1) is 0 Å². The third-order valence-corrected chi connectivity index (χ3v) is 5.19. The Morgan fingerprint density at radius 2 is 2.05 bits per heavy atom. The molecule has 0 aromatic heterocycles. The van der Waals surface area contributed by atoms with Crippen molar-refractivity contribution in [1.29, 1.82) is 0 Å². The fraction of sp³-hybridized carbons (Fsp3) is 0.882. The van der Waals surface area contributed by atoms with E-state index < -0.39 is 0 Å². The van der Waals surface area contributed by atoms with Crippen LogP contribution in [0, 0.1) is 5.92 Å². The minimum absolute atomic E-state index is 0.0965. The van der Waals surface area contributed by atoms with Crippen molar-refractivity contribution in [1.82, 2.24) is 10.2 Å². The fourth-order valence-corrected chi connectivity index (χ4v) is 3.61. The lowest BCUT2D eigenvalue weighted by atomic mass is 9.88. The normalized spacial score (nSPS) is 27.9. The van der Waals surface area contributed by atoms with Crippen LogP contribution in [0.5, 0.6) is 0 Å². The first kappa shape index (κ1) is 16.5. The van der Waals surface area contributed by atoms with Gasteiger partial charge < -0.3 is 5.32 Å². The summed E-state index contributed by atoms with van der Waals surface area (Å²) < 4.78 is 0. The summed E-state index contributed by atoms with van der Waals surface area (Å²) in [5.41, 5.74) is -0.147. The van der Waals surface area contributed by atoms with Crippen molar-refractivity contribution in [2.45, 2.75) is 77.3 Å². The molecule has 2 aliphatic rings. The van der Waals surface area contributed by atoms with Crippen LogP contribution in [0.4, 0.5) is 0 Å². The molecule has 4 heteroatoms. The van der Waals surface area contributed by atoms with Gasteiger partial charge in [0.2, 0.25) is 5.91 Å². The van der Waals surface area contributed by atoms with Gasteiger partial charge in [0.15, 0.2) is 0 Å². The van der Waals surface area contributed by atoms with Crippen molar-refractivity contribution < 1.29 is 9.59 Å². The van der Waals surface area contributed by atoms with Gasteiger partial charge in [0, 0.05) is 23.9 Å². The van der Waals surface area contributed by atoms with Crippen molar-refractivity contribution in [3.63, 3.8) is 0 Å². The molecule has 1 aliphatic carbocycles. The van der Waals surface area contributed by atoms with Gasteiger partial charge in [0.1, 0.15) is 5.78 Å². The topological polar surface area (TPSA) is 49.4 Å². The molecule has 1 aliphatic heterocycles. The van der Waals surface area contributed by atoms with E-state index in [1.807, 2.05) is 0 Å². The Morgan fingerprint density at radius 1 is 1.29 bits per heavy atom. The molecule has 4 nitrogen and oxygen atoms in total. The zero-order valence-electron chi connectivity index (χ0n) is 13.8. The molecule has 1 heterocycles. The van der Waals surface area contributed by atoms with Crippen LogP contribution < -0.4 is 5.32 Å². The summed E-state index contributed by atoms with van der Waals surface area (Å²) >= 11 is 0. The van der Waals surface area contributed by atoms with E-state index in [2.05, 4.69) is 31.0 Å². The second kappa shape index (κ2) is 6.91. The molecule has 0 spiro atoms. The Bertz CT molecular complexity index is 392. The number of carbonyl (C=O) groups is 2. The number of nitrogens with one attached hydrogen (secondary N) is 1. The first-order valence-corrected chi connectivity index (χ1v) is 8.51. The zero-order chi connectivity index (χ0) is 15.5. The predicted molar refractivity (Wildman–Crippen MR) is 84.1 cm³/mol. The molecule has 0 radical (unpaired) electrons. The van der Waals surface area contributed by atoms with Crippen LogP contribution in [-0.2, 0) is 9.59 Å². The van der Waals surface area contributed by atoms with Crippen molar-refractivity contribution >= 4 is 11.7 Å². The maximum absolute atomic E-state index is 12.3. The fourth-order valence-electron chi connectivity index (χ4n) is 3.61. The molecule has 120 valence electrons. The second-order valence-electron chi connectivity index (χ2n) is 7.28. The molecule has 21 heavy (non-hydrogen) atoms. The molecule has 2 unspecified atom stereocenters. The number of nitrogens with zero attached hydrogens (tertiary/aromatic N) is 1. The molecule has 1 amide bonds. The lowest BCUT2D eigenvalue weighted by molar-refractivity contribution is -0.128. The van der Waals surface area contributed by atoms with Crippen molar-refractivity contribution in [3.05, 3.63) is 0 Å². The molecule has 1 N–H and O–H groups in total. The summed E-state index contributed by atoms with van der Waals surface area (Å²) in [6, 6.07) is 0.296. The maximum atomic E-state index is 12.3. The van der Waals surface area contributed by atoms with Crippen LogP contribution in [0.25, 0.3) is 0 Å². The largest absolute Gasteiger partial charge is 0.350 e. The van der Waals surface area contributed by atoms with Gasteiger partial charge in [0.05, 0.1) is 6.54 Å². The predicted octanol–water partition coefficient (Wildman–Crippen LogP) is 2.51. The Hall–Kier alpha value is -0.900. The average Bonchev–Trinajstić information content (AvgIpc) is 2.85. The summed E-state index contributed by atoms with van der Waals surface area (Å²) in [7, 11) is 0. The highest BCUT2D eigenvalue weighted by Gasteiger charge is 2.37. The molecule has 1 saturated carbocycles. The molecular weight excluding hydrogens is 264 g/mol. The molecule has 2 rings (SSSR count). The van der Waals surface area contributed by atoms with Crippen molar-refractivity contribution in [2.75, 3.05) is 13.1 Å². The Morgan fingerprint density at radius 3 is 2.67 bits per heavy atom. The molecular formula is C17H30N2O2. The molecule has 1 saturated heterocycles. The Kier molecular flexibility index (Phi) is 5.42. The van der Waals surface area contributed by atoms with Gasteiger partial charge in [-0.05, 0) is 52.5 Å². The summed E-state index contributed by atoms with van der Waals surface area (Å²) in [5.74, 6) is 0.692. The number of likely N-dealkylation sites (tertiary alicyclic amines) is 1. The van der Waals surface area contributed by atoms with Gasteiger partial charge >= 0.3 is 0 Å². The minimum Gasteiger partial charge on any atom is -0.350 e. The van der Waals surface area contributed by atoms with Crippen LogP contribution in [0.15, 0.2) is 0 Å². The monoisotopic (exact) mass is 294 g/mol. The quantitative estimate of drug-likeness (QED) is 0.847. The van der Waals surface area contributed by atoms with Gasteiger partial charge in [-0.1, -0.05) is 13.3 Å². The Labute approximate surface area is 128 Å². The first-order valence-electron chi connectivity index (χ1n) is 8.51.